The van der Waals surface area contributed by atoms with E-state index in [0.717, 1.165) is 6.26 Å². The van der Waals surface area contributed by atoms with Crippen LogP contribution in [0.3, 0.4) is 0 Å². The van der Waals surface area contributed by atoms with Crippen molar-refractivity contribution in [3.8, 4) is 0 Å². The summed E-state index contributed by atoms with van der Waals surface area (Å²) in [4.78, 5) is 0. The zero-order valence-electron chi connectivity index (χ0n) is 8.83. The van der Waals surface area contributed by atoms with Gasteiger partial charge in [-0.1, -0.05) is 11.6 Å². The second-order valence-electron chi connectivity index (χ2n) is 3.54. The molecule has 0 saturated carbocycles. The fourth-order valence-corrected chi connectivity index (χ4v) is 1.87. The van der Waals surface area contributed by atoms with Gasteiger partial charge in [0.1, 0.15) is 15.7 Å². The molecule has 0 aliphatic heterocycles. The van der Waals surface area contributed by atoms with Crippen molar-refractivity contribution in [3.05, 3.63) is 34.6 Å². The Kier molecular flexibility index (Phi) is 4.70. The van der Waals surface area contributed by atoms with E-state index in [1.165, 1.54) is 18.2 Å². The Hall–Kier alpha value is -0.650. The molecule has 0 unspecified atom stereocenters. The molecule has 0 bridgehead atoms. The Bertz CT molecular complexity index is 462. The molecule has 0 heterocycles. The van der Waals surface area contributed by atoms with Gasteiger partial charge in [0.2, 0.25) is 0 Å². The van der Waals surface area contributed by atoms with Gasteiger partial charge in [0.15, 0.2) is 0 Å². The summed E-state index contributed by atoms with van der Waals surface area (Å²) in [6.45, 7) is 0.562. The first kappa shape index (κ1) is 13.4. The van der Waals surface area contributed by atoms with Gasteiger partial charge < -0.3 is 5.32 Å². The highest BCUT2D eigenvalue weighted by Crippen LogP contribution is 2.14. The Balaban J connectivity index is 2.46. The van der Waals surface area contributed by atoms with E-state index in [0.29, 0.717) is 17.1 Å². The molecule has 6 heteroatoms. The third kappa shape index (κ3) is 4.92. The van der Waals surface area contributed by atoms with Crippen LogP contribution in [0.25, 0.3) is 0 Å². The average Bonchev–Trinajstić information content (AvgIpc) is 2.16. The Morgan fingerprint density at radius 2 is 2.12 bits per heavy atom. The molecule has 90 valence electrons. The SMILES string of the molecule is CS(=O)(=O)CCNCc1cc(Cl)ccc1F. The number of benzene rings is 1. The number of rotatable bonds is 5. The van der Waals surface area contributed by atoms with Crippen LogP contribution in [0, 0.1) is 5.82 Å². The highest BCUT2D eigenvalue weighted by Gasteiger charge is 2.04. The summed E-state index contributed by atoms with van der Waals surface area (Å²) in [6.07, 6.45) is 1.16. The third-order valence-corrected chi connectivity index (χ3v) is 3.15. The molecule has 1 N–H and O–H groups in total. The monoisotopic (exact) mass is 265 g/mol. The van der Waals surface area contributed by atoms with Crippen LogP contribution in [0.15, 0.2) is 18.2 Å². The van der Waals surface area contributed by atoms with Gasteiger partial charge in [-0.2, -0.15) is 0 Å². The molecule has 16 heavy (non-hydrogen) atoms. The van der Waals surface area contributed by atoms with Crippen molar-refractivity contribution in [2.75, 3.05) is 18.6 Å². The molecule has 0 aliphatic rings. The van der Waals surface area contributed by atoms with Crippen molar-refractivity contribution in [2.24, 2.45) is 0 Å². The molecule has 3 nitrogen and oxygen atoms in total. The van der Waals surface area contributed by atoms with Crippen molar-refractivity contribution >= 4 is 21.4 Å². The molecular formula is C10H13ClFNO2S. The van der Waals surface area contributed by atoms with E-state index in [9.17, 15) is 12.8 Å². The molecule has 1 rings (SSSR count). The summed E-state index contributed by atoms with van der Waals surface area (Å²) >= 11 is 5.71. The standard InChI is InChI=1S/C10H13ClFNO2S/c1-16(14,15)5-4-13-7-8-6-9(11)2-3-10(8)12/h2-3,6,13H,4-5,7H2,1H3. The van der Waals surface area contributed by atoms with E-state index >= 15 is 0 Å². The van der Waals surface area contributed by atoms with Crippen molar-refractivity contribution < 1.29 is 12.8 Å². The van der Waals surface area contributed by atoms with E-state index in [1.807, 2.05) is 0 Å². The normalized spacial score (nSPS) is 11.7. The maximum absolute atomic E-state index is 13.2. The quantitative estimate of drug-likeness (QED) is 0.823. The molecule has 0 fully saturated rings. The summed E-state index contributed by atoms with van der Waals surface area (Å²) < 4.78 is 34.9. The van der Waals surface area contributed by atoms with Gasteiger partial charge in [0, 0.05) is 29.9 Å². The summed E-state index contributed by atoms with van der Waals surface area (Å²) in [5, 5.41) is 3.31. The van der Waals surface area contributed by atoms with Crippen LogP contribution in [-0.4, -0.2) is 27.0 Å². The maximum Gasteiger partial charge on any atom is 0.148 e. The van der Waals surface area contributed by atoms with Crippen molar-refractivity contribution in [1.29, 1.82) is 0 Å². The lowest BCUT2D eigenvalue weighted by atomic mass is 10.2. The van der Waals surface area contributed by atoms with Gasteiger partial charge in [-0.05, 0) is 18.2 Å². The summed E-state index contributed by atoms with van der Waals surface area (Å²) in [5.41, 5.74) is 0.431. The third-order valence-electron chi connectivity index (χ3n) is 1.97. The lowest BCUT2D eigenvalue weighted by Gasteiger charge is -2.05. The van der Waals surface area contributed by atoms with Crippen LogP contribution in [0.2, 0.25) is 5.02 Å². The fraction of sp³-hybridized carbons (Fsp3) is 0.400. The number of nitrogens with one attached hydrogen (secondary N) is 1. The van der Waals surface area contributed by atoms with E-state index in [1.54, 1.807) is 0 Å². The summed E-state index contributed by atoms with van der Waals surface area (Å²) in [5.74, 6) is -0.314. The summed E-state index contributed by atoms with van der Waals surface area (Å²) in [6, 6.07) is 4.27. The molecule has 0 atom stereocenters. The van der Waals surface area contributed by atoms with E-state index in [2.05, 4.69) is 5.32 Å². The maximum atomic E-state index is 13.2. The lowest BCUT2D eigenvalue weighted by Crippen LogP contribution is -2.22. The molecule has 0 amide bonds. The van der Waals surface area contributed by atoms with Crippen molar-refractivity contribution in [1.82, 2.24) is 5.32 Å². The van der Waals surface area contributed by atoms with Crippen LogP contribution in [0.1, 0.15) is 5.56 Å². The zero-order valence-corrected chi connectivity index (χ0v) is 10.4. The van der Waals surface area contributed by atoms with Crippen LogP contribution < -0.4 is 5.32 Å². The average molecular weight is 266 g/mol. The van der Waals surface area contributed by atoms with E-state index < -0.39 is 9.84 Å². The molecule has 0 radical (unpaired) electrons. The largest absolute Gasteiger partial charge is 0.312 e. The van der Waals surface area contributed by atoms with Gasteiger partial charge in [0.05, 0.1) is 5.75 Å². The predicted octanol–water partition coefficient (Wildman–Crippen LogP) is 1.61. The van der Waals surface area contributed by atoms with Crippen LogP contribution in [0.5, 0.6) is 0 Å². The first-order valence-corrected chi connectivity index (χ1v) is 7.15. The number of hydrogen-bond donors (Lipinski definition) is 1. The van der Waals surface area contributed by atoms with Gasteiger partial charge in [0.25, 0.3) is 0 Å². The molecule has 0 spiro atoms. The molecule has 0 aliphatic carbocycles. The smallest absolute Gasteiger partial charge is 0.148 e. The topological polar surface area (TPSA) is 46.2 Å². The highest BCUT2D eigenvalue weighted by molar-refractivity contribution is 7.90. The van der Waals surface area contributed by atoms with Gasteiger partial charge in [-0.25, -0.2) is 12.8 Å². The minimum Gasteiger partial charge on any atom is -0.312 e. The number of sulfone groups is 1. The Labute approximate surface area is 99.5 Å². The second-order valence-corrected chi connectivity index (χ2v) is 6.24. The predicted molar refractivity (Wildman–Crippen MR) is 62.8 cm³/mol. The minimum absolute atomic E-state index is 0.0369. The van der Waals surface area contributed by atoms with Crippen molar-refractivity contribution in [3.63, 3.8) is 0 Å². The fourth-order valence-electron chi connectivity index (χ4n) is 1.16. The highest BCUT2D eigenvalue weighted by atomic mass is 35.5. The molecule has 1 aromatic carbocycles. The van der Waals surface area contributed by atoms with Gasteiger partial charge in [-0.15, -0.1) is 0 Å². The van der Waals surface area contributed by atoms with Crippen LogP contribution in [0.4, 0.5) is 4.39 Å². The van der Waals surface area contributed by atoms with E-state index in [4.69, 9.17) is 11.6 Å². The zero-order chi connectivity index (χ0) is 12.2. The second kappa shape index (κ2) is 5.61. The Morgan fingerprint density at radius 3 is 2.75 bits per heavy atom. The minimum atomic E-state index is -2.98. The summed E-state index contributed by atoms with van der Waals surface area (Å²) in [7, 11) is -2.98. The first-order chi connectivity index (χ1) is 7.38. The molecule has 1 aromatic rings. The van der Waals surface area contributed by atoms with Gasteiger partial charge in [-0.3, -0.25) is 0 Å². The molecule has 0 aromatic heterocycles. The van der Waals surface area contributed by atoms with Crippen LogP contribution >= 0.6 is 11.6 Å². The number of halogens is 2. The first-order valence-electron chi connectivity index (χ1n) is 4.71. The van der Waals surface area contributed by atoms with Gasteiger partial charge >= 0.3 is 0 Å². The Morgan fingerprint density at radius 1 is 1.44 bits per heavy atom. The number of hydrogen-bond acceptors (Lipinski definition) is 3. The van der Waals surface area contributed by atoms with E-state index in [-0.39, 0.29) is 18.1 Å². The lowest BCUT2D eigenvalue weighted by molar-refractivity contribution is 0.585. The van der Waals surface area contributed by atoms with Crippen LogP contribution in [-0.2, 0) is 16.4 Å². The molecule has 0 saturated heterocycles. The molecular weight excluding hydrogens is 253 g/mol. The van der Waals surface area contributed by atoms with Crippen molar-refractivity contribution in [2.45, 2.75) is 6.54 Å².